The predicted molar refractivity (Wildman–Crippen MR) is 181 cm³/mol. The van der Waals surface area contributed by atoms with Crippen molar-refractivity contribution in [3.05, 3.63) is 133 Å². The van der Waals surface area contributed by atoms with E-state index < -0.39 is 23.5 Å². The first kappa shape index (κ1) is 36.5. The maximum Gasteiger partial charge on any atom is 0.347 e. The molecule has 0 N–H and O–H groups in total. The van der Waals surface area contributed by atoms with Gasteiger partial charge in [0.1, 0.15) is 28.2 Å². The molecule has 0 heterocycles. The van der Waals surface area contributed by atoms with E-state index in [4.69, 9.17) is 14.2 Å². The number of carbonyl (C=O) groups is 3. The van der Waals surface area contributed by atoms with Gasteiger partial charge in [-0.25, -0.2) is 9.59 Å². The van der Waals surface area contributed by atoms with Gasteiger partial charge in [0.25, 0.3) is 0 Å². The summed E-state index contributed by atoms with van der Waals surface area (Å²) in [4.78, 5) is 38.1. The number of ether oxygens (including phenoxy) is 3. The van der Waals surface area contributed by atoms with Gasteiger partial charge in [-0.3, -0.25) is 4.79 Å². The van der Waals surface area contributed by atoms with E-state index in [0.717, 1.165) is 32.1 Å². The van der Waals surface area contributed by atoms with Gasteiger partial charge < -0.3 is 14.2 Å². The minimum absolute atomic E-state index is 0.0512. The van der Waals surface area contributed by atoms with Crippen molar-refractivity contribution >= 4 is 17.9 Å². The molecule has 0 aromatic heterocycles. The number of hydrogen-bond acceptors (Lipinski definition) is 6. The molecule has 0 radical (unpaired) electrons. The lowest BCUT2D eigenvalue weighted by Crippen LogP contribution is -2.24. The van der Waals surface area contributed by atoms with Crippen molar-refractivity contribution in [1.29, 1.82) is 0 Å². The standard InChI is InChI=1S/C39H46O6/c1-5-6-7-8-9-10-11-12-13-14-15-16-17-18-19-20-21-22-31-36(40)43-34-29-25-23-27-32(34)37(41)44-35-30-26-24-28-33(35)38(42)45-39(2,3)4/h6-7,9-10,12-13,15-16,18-19,21-30H,5,8,11,14,17,20,31H2,1-4H3. The minimum Gasteiger partial charge on any atom is -0.456 e. The smallest absolute Gasteiger partial charge is 0.347 e. The van der Waals surface area contributed by atoms with Crippen molar-refractivity contribution < 1.29 is 28.6 Å². The average molecular weight is 611 g/mol. The molecule has 2 rings (SSSR count). The van der Waals surface area contributed by atoms with Gasteiger partial charge in [0.2, 0.25) is 0 Å². The molecule has 0 atom stereocenters. The molecule has 0 unspecified atom stereocenters. The van der Waals surface area contributed by atoms with Crippen LogP contribution in [0.25, 0.3) is 0 Å². The Bertz CT molecular complexity index is 1400. The summed E-state index contributed by atoms with van der Waals surface area (Å²) in [5.74, 6) is -1.75. The molecule has 2 aromatic carbocycles. The largest absolute Gasteiger partial charge is 0.456 e. The number of para-hydroxylation sites is 2. The van der Waals surface area contributed by atoms with Crippen LogP contribution in [0.5, 0.6) is 11.5 Å². The first-order valence-corrected chi connectivity index (χ1v) is 15.5. The summed E-state index contributed by atoms with van der Waals surface area (Å²) >= 11 is 0. The second-order valence-electron chi connectivity index (χ2n) is 11.0. The fourth-order valence-electron chi connectivity index (χ4n) is 3.80. The third kappa shape index (κ3) is 16.1. The number of benzene rings is 2. The topological polar surface area (TPSA) is 78.9 Å². The van der Waals surface area contributed by atoms with Crippen LogP contribution >= 0.6 is 0 Å². The predicted octanol–water partition coefficient (Wildman–Crippen LogP) is 9.85. The van der Waals surface area contributed by atoms with Gasteiger partial charge in [-0.05, 0) is 83.6 Å². The zero-order valence-corrected chi connectivity index (χ0v) is 26.9. The van der Waals surface area contributed by atoms with Crippen LogP contribution in [0.15, 0.2) is 121 Å². The summed E-state index contributed by atoms with van der Waals surface area (Å²) in [5.41, 5.74) is -0.529. The van der Waals surface area contributed by atoms with Gasteiger partial charge in [-0.1, -0.05) is 104 Å². The van der Waals surface area contributed by atoms with Gasteiger partial charge in [-0.15, -0.1) is 0 Å². The monoisotopic (exact) mass is 610 g/mol. The quantitative estimate of drug-likeness (QED) is 0.101. The summed E-state index contributed by atoms with van der Waals surface area (Å²) in [6.45, 7) is 7.40. The molecule has 238 valence electrons. The summed E-state index contributed by atoms with van der Waals surface area (Å²) in [6.07, 6.45) is 30.7. The van der Waals surface area contributed by atoms with Gasteiger partial charge in [0.05, 0.1) is 6.42 Å². The van der Waals surface area contributed by atoms with E-state index >= 15 is 0 Å². The Hall–Kier alpha value is -4.71. The number of carbonyl (C=O) groups excluding carboxylic acids is 3. The summed E-state index contributed by atoms with van der Waals surface area (Å²) in [6, 6.07) is 12.6. The zero-order chi connectivity index (χ0) is 32.8. The third-order valence-electron chi connectivity index (χ3n) is 5.92. The van der Waals surface area contributed by atoms with Gasteiger partial charge in [0.15, 0.2) is 0 Å². The Morgan fingerprint density at radius 3 is 1.42 bits per heavy atom. The van der Waals surface area contributed by atoms with Crippen LogP contribution in [0.3, 0.4) is 0 Å². The van der Waals surface area contributed by atoms with Crippen LogP contribution in [0.2, 0.25) is 0 Å². The normalized spacial score (nSPS) is 12.4. The van der Waals surface area contributed by atoms with Gasteiger partial charge in [-0.2, -0.15) is 0 Å². The minimum atomic E-state index is -0.761. The fraction of sp³-hybridized carbons (Fsp3) is 0.308. The van der Waals surface area contributed by atoms with Crippen LogP contribution in [-0.4, -0.2) is 23.5 Å². The Kier molecular flexibility index (Phi) is 17.1. The Labute approximate surface area is 268 Å². The molecule has 6 heteroatoms. The highest BCUT2D eigenvalue weighted by Gasteiger charge is 2.23. The molecule has 45 heavy (non-hydrogen) atoms. The lowest BCUT2D eigenvalue weighted by molar-refractivity contribution is -0.133. The third-order valence-corrected chi connectivity index (χ3v) is 5.92. The Morgan fingerprint density at radius 1 is 0.556 bits per heavy atom. The van der Waals surface area contributed by atoms with Crippen LogP contribution in [0.4, 0.5) is 0 Å². The highest BCUT2D eigenvalue weighted by Crippen LogP contribution is 2.25. The highest BCUT2D eigenvalue weighted by atomic mass is 16.6. The first-order valence-electron chi connectivity index (χ1n) is 15.5. The van der Waals surface area contributed by atoms with E-state index in [1.807, 2.05) is 12.2 Å². The first-order chi connectivity index (χ1) is 21.7. The zero-order valence-electron chi connectivity index (χ0n) is 26.9. The average Bonchev–Trinajstić information content (AvgIpc) is 3.00. The molecular formula is C39H46O6. The molecule has 0 aliphatic rings. The Morgan fingerprint density at radius 2 is 0.956 bits per heavy atom. The van der Waals surface area contributed by atoms with Crippen molar-refractivity contribution in [2.75, 3.05) is 0 Å². The highest BCUT2D eigenvalue weighted by molar-refractivity contribution is 5.98. The molecule has 0 bridgehead atoms. The summed E-state index contributed by atoms with van der Waals surface area (Å²) in [5, 5.41) is 0. The van der Waals surface area contributed by atoms with Crippen LogP contribution in [0.1, 0.15) is 93.4 Å². The molecule has 0 aliphatic heterocycles. The van der Waals surface area contributed by atoms with E-state index in [9.17, 15) is 14.4 Å². The molecule has 0 spiro atoms. The van der Waals surface area contributed by atoms with Crippen LogP contribution in [0, 0.1) is 0 Å². The van der Waals surface area contributed by atoms with E-state index in [2.05, 4.69) is 61.6 Å². The van der Waals surface area contributed by atoms with Crippen molar-refractivity contribution in [3.63, 3.8) is 0 Å². The van der Waals surface area contributed by atoms with Gasteiger partial charge >= 0.3 is 17.9 Å². The second-order valence-corrected chi connectivity index (χ2v) is 11.0. The molecular weight excluding hydrogens is 564 g/mol. The van der Waals surface area contributed by atoms with Crippen molar-refractivity contribution in [3.8, 4) is 11.5 Å². The number of hydrogen-bond donors (Lipinski definition) is 0. The van der Waals surface area contributed by atoms with Gasteiger partial charge in [0, 0.05) is 0 Å². The molecule has 0 fully saturated rings. The van der Waals surface area contributed by atoms with Crippen LogP contribution in [-0.2, 0) is 9.53 Å². The lowest BCUT2D eigenvalue weighted by Gasteiger charge is -2.20. The van der Waals surface area contributed by atoms with Crippen LogP contribution < -0.4 is 9.47 Å². The maximum atomic E-state index is 13.0. The van der Waals surface area contributed by atoms with E-state index in [1.54, 1.807) is 51.1 Å². The fourth-order valence-corrected chi connectivity index (χ4v) is 3.80. The molecule has 0 saturated carbocycles. The second kappa shape index (κ2) is 21.1. The molecule has 0 saturated heterocycles. The van der Waals surface area contributed by atoms with Crippen molar-refractivity contribution in [1.82, 2.24) is 0 Å². The molecule has 0 aliphatic carbocycles. The molecule has 0 amide bonds. The SMILES string of the molecule is CCC=CCC=CCC=CCC=CCC=CCC=CCC(=O)Oc1ccccc1C(=O)Oc1ccccc1C(=O)OC(C)(C)C. The summed E-state index contributed by atoms with van der Waals surface area (Å²) < 4.78 is 16.4. The Balaban J connectivity index is 1.77. The summed E-state index contributed by atoms with van der Waals surface area (Å²) in [7, 11) is 0. The van der Waals surface area contributed by atoms with E-state index in [1.165, 1.54) is 24.3 Å². The number of rotatable bonds is 17. The van der Waals surface area contributed by atoms with Crippen molar-refractivity contribution in [2.45, 2.75) is 78.2 Å². The number of allylic oxidation sites excluding steroid dienone is 11. The lowest BCUT2D eigenvalue weighted by atomic mass is 10.1. The van der Waals surface area contributed by atoms with Crippen molar-refractivity contribution in [2.24, 2.45) is 0 Å². The molecule has 2 aromatic rings. The number of esters is 3. The van der Waals surface area contributed by atoms with E-state index in [-0.39, 0.29) is 29.0 Å². The van der Waals surface area contributed by atoms with E-state index in [0.29, 0.717) is 6.42 Å². The maximum absolute atomic E-state index is 13.0. The molecule has 6 nitrogen and oxygen atoms in total.